The average Bonchev–Trinajstić information content (AvgIpc) is 1.64. The lowest BCUT2D eigenvalue weighted by atomic mass is 10.5. The molecule has 0 unspecified atom stereocenters. The standard InChI is InChI=1S/C6H14OSi2/c1-5(2)9(7-8)6(3)4/h5-6H,1-4H3. The van der Waals surface area contributed by atoms with Gasteiger partial charge in [-0.05, 0) is 11.1 Å². The van der Waals surface area contributed by atoms with Gasteiger partial charge in [0.25, 0.3) is 0 Å². The van der Waals surface area contributed by atoms with E-state index in [1.165, 1.54) is 0 Å². The maximum Gasteiger partial charge on any atom is 0.229 e. The second kappa shape index (κ2) is 4.25. The first-order valence-electron chi connectivity index (χ1n) is 3.29. The lowest BCUT2D eigenvalue weighted by Gasteiger charge is -2.19. The summed E-state index contributed by atoms with van der Waals surface area (Å²) in [6.07, 6.45) is 0. The molecular weight excluding hydrogens is 144 g/mol. The van der Waals surface area contributed by atoms with E-state index < -0.39 is 9.04 Å². The van der Waals surface area contributed by atoms with Gasteiger partial charge in [0, 0.05) is 0 Å². The van der Waals surface area contributed by atoms with E-state index in [0.717, 1.165) is 0 Å². The predicted molar refractivity (Wildman–Crippen MR) is 42.8 cm³/mol. The smallest absolute Gasteiger partial charge is 0.229 e. The molecule has 3 heteroatoms. The van der Waals surface area contributed by atoms with Crippen molar-refractivity contribution >= 4 is 19.5 Å². The summed E-state index contributed by atoms with van der Waals surface area (Å²) >= 11 is 0. The Hall–Kier alpha value is 0.394. The van der Waals surface area contributed by atoms with Crippen molar-refractivity contribution in [2.45, 2.75) is 38.8 Å². The van der Waals surface area contributed by atoms with Gasteiger partial charge in [-0.2, -0.15) is 0 Å². The fourth-order valence-electron chi connectivity index (χ4n) is 0.902. The van der Waals surface area contributed by atoms with Gasteiger partial charge in [-0.3, -0.25) is 0 Å². The van der Waals surface area contributed by atoms with Gasteiger partial charge in [-0.1, -0.05) is 27.7 Å². The normalized spacial score (nSPS) is 12.0. The molecule has 0 aromatic rings. The fourth-order valence-corrected chi connectivity index (χ4v) is 4.12. The fraction of sp³-hybridized carbons (Fsp3) is 1.00. The van der Waals surface area contributed by atoms with E-state index in [1.54, 1.807) is 0 Å². The summed E-state index contributed by atoms with van der Waals surface area (Å²) in [4.78, 5) is 0. The molecule has 4 radical (unpaired) electrons. The van der Waals surface area contributed by atoms with Gasteiger partial charge in [0.05, 0.1) is 0 Å². The third kappa shape index (κ3) is 3.18. The van der Waals surface area contributed by atoms with Crippen LogP contribution in [0.15, 0.2) is 0 Å². The SMILES string of the molecule is CC(C)[Si](O[Si])C(C)C. The molecule has 0 amide bonds. The Labute approximate surface area is 63.1 Å². The van der Waals surface area contributed by atoms with Gasteiger partial charge in [-0.25, -0.2) is 0 Å². The molecule has 0 spiro atoms. The van der Waals surface area contributed by atoms with Crippen molar-refractivity contribution < 1.29 is 4.12 Å². The quantitative estimate of drug-likeness (QED) is 0.570. The van der Waals surface area contributed by atoms with Crippen molar-refractivity contribution in [3.8, 4) is 0 Å². The van der Waals surface area contributed by atoms with Crippen LogP contribution in [-0.2, 0) is 4.12 Å². The molecule has 0 atom stereocenters. The van der Waals surface area contributed by atoms with E-state index in [1.807, 2.05) is 0 Å². The van der Waals surface area contributed by atoms with E-state index in [9.17, 15) is 0 Å². The topological polar surface area (TPSA) is 9.23 Å². The summed E-state index contributed by atoms with van der Waals surface area (Å²) in [5.74, 6) is 0. The van der Waals surface area contributed by atoms with E-state index in [4.69, 9.17) is 4.12 Å². The summed E-state index contributed by atoms with van der Waals surface area (Å²) in [5, 5.41) is 0. The third-order valence-electron chi connectivity index (χ3n) is 1.26. The average molecular weight is 158 g/mol. The van der Waals surface area contributed by atoms with Crippen LogP contribution in [0.4, 0.5) is 0 Å². The van der Waals surface area contributed by atoms with E-state index in [0.29, 0.717) is 11.1 Å². The molecule has 52 valence electrons. The van der Waals surface area contributed by atoms with Crippen LogP contribution in [0.1, 0.15) is 27.7 Å². The summed E-state index contributed by atoms with van der Waals surface area (Å²) in [6.45, 7) is 8.81. The second-order valence-corrected chi connectivity index (χ2v) is 6.74. The van der Waals surface area contributed by atoms with Crippen LogP contribution in [0.5, 0.6) is 0 Å². The van der Waals surface area contributed by atoms with Crippen molar-refractivity contribution in [3.05, 3.63) is 0 Å². The number of hydrogen-bond donors (Lipinski definition) is 0. The molecular formula is C6H14OSi2. The van der Waals surface area contributed by atoms with Crippen molar-refractivity contribution in [1.29, 1.82) is 0 Å². The van der Waals surface area contributed by atoms with E-state index >= 15 is 0 Å². The van der Waals surface area contributed by atoms with Crippen molar-refractivity contribution in [2.75, 3.05) is 0 Å². The molecule has 0 aliphatic carbocycles. The van der Waals surface area contributed by atoms with Gasteiger partial charge in [-0.15, -0.1) is 0 Å². The van der Waals surface area contributed by atoms with E-state index in [-0.39, 0.29) is 0 Å². The zero-order chi connectivity index (χ0) is 7.44. The first-order chi connectivity index (χ1) is 4.09. The van der Waals surface area contributed by atoms with Crippen LogP contribution in [-0.4, -0.2) is 19.5 Å². The summed E-state index contributed by atoms with van der Waals surface area (Å²) in [7, 11) is 2.50. The Morgan fingerprint density at radius 2 is 1.44 bits per heavy atom. The van der Waals surface area contributed by atoms with Gasteiger partial charge < -0.3 is 4.12 Å². The molecule has 0 aliphatic rings. The van der Waals surface area contributed by atoms with Crippen molar-refractivity contribution in [1.82, 2.24) is 0 Å². The molecule has 0 aromatic carbocycles. The molecule has 1 nitrogen and oxygen atoms in total. The largest absolute Gasteiger partial charge is 0.457 e. The lowest BCUT2D eigenvalue weighted by Crippen LogP contribution is -2.24. The minimum absolute atomic E-state index is 0.604. The van der Waals surface area contributed by atoms with Gasteiger partial charge in [0.2, 0.25) is 19.5 Å². The first kappa shape index (κ1) is 9.39. The second-order valence-electron chi connectivity index (χ2n) is 2.81. The van der Waals surface area contributed by atoms with Gasteiger partial charge in [0.15, 0.2) is 0 Å². The van der Waals surface area contributed by atoms with Crippen LogP contribution >= 0.6 is 0 Å². The highest BCUT2D eigenvalue weighted by molar-refractivity contribution is 6.58. The zero-order valence-electron chi connectivity index (χ0n) is 6.56. The zero-order valence-corrected chi connectivity index (χ0v) is 8.56. The lowest BCUT2D eigenvalue weighted by molar-refractivity contribution is 0.587. The third-order valence-corrected chi connectivity index (χ3v) is 4.47. The van der Waals surface area contributed by atoms with Crippen LogP contribution < -0.4 is 0 Å². The van der Waals surface area contributed by atoms with Crippen molar-refractivity contribution in [2.24, 2.45) is 0 Å². The number of rotatable bonds is 3. The molecule has 0 aromatic heterocycles. The van der Waals surface area contributed by atoms with Crippen LogP contribution in [0.3, 0.4) is 0 Å². The van der Waals surface area contributed by atoms with Crippen LogP contribution in [0.2, 0.25) is 11.1 Å². The highest BCUT2D eigenvalue weighted by Crippen LogP contribution is 2.19. The number of hydrogen-bond acceptors (Lipinski definition) is 1. The summed E-state index contributed by atoms with van der Waals surface area (Å²) in [5.41, 5.74) is 1.37. The van der Waals surface area contributed by atoms with Gasteiger partial charge in [0.1, 0.15) is 0 Å². The van der Waals surface area contributed by atoms with Crippen molar-refractivity contribution in [3.63, 3.8) is 0 Å². The van der Waals surface area contributed by atoms with E-state index in [2.05, 4.69) is 38.2 Å². The maximum atomic E-state index is 5.18. The molecule has 0 aliphatic heterocycles. The molecule has 0 N–H and O–H groups in total. The molecule has 0 fully saturated rings. The maximum absolute atomic E-state index is 5.18. The molecule has 9 heavy (non-hydrogen) atoms. The van der Waals surface area contributed by atoms with Crippen LogP contribution in [0.25, 0.3) is 0 Å². The monoisotopic (exact) mass is 158 g/mol. The molecule has 0 saturated carbocycles. The highest BCUT2D eigenvalue weighted by atomic mass is 28.3. The molecule has 0 rings (SSSR count). The minimum atomic E-state index is -0.604. The highest BCUT2D eigenvalue weighted by Gasteiger charge is 2.19. The Bertz CT molecular complexity index is 65.5. The Kier molecular flexibility index (Phi) is 4.43. The first-order valence-corrected chi connectivity index (χ1v) is 5.27. The van der Waals surface area contributed by atoms with Crippen LogP contribution in [0, 0.1) is 0 Å². The van der Waals surface area contributed by atoms with Gasteiger partial charge >= 0.3 is 0 Å². The summed E-state index contributed by atoms with van der Waals surface area (Å²) < 4.78 is 5.18. The predicted octanol–water partition coefficient (Wildman–Crippen LogP) is 1.90. The summed E-state index contributed by atoms with van der Waals surface area (Å²) in [6, 6.07) is 0. The Balaban J connectivity index is 3.68. The molecule has 0 saturated heterocycles. The molecule has 0 heterocycles. The minimum Gasteiger partial charge on any atom is -0.457 e. The molecule has 0 bridgehead atoms. The Morgan fingerprint density at radius 1 is 1.11 bits per heavy atom. The Morgan fingerprint density at radius 3 is 1.44 bits per heavy atom.